The average Bonchev–Trinajstić information content (AvgIpc) is 3.26. The number of carboxylic acids is 1. The van der Waals surface area contributed by atoms with Crippen LogP contribution in [-0.2, 0) is 9.53 Å². The predicted molar refractivity (Wildman–Crippen MR) is 140 cm³/mol. The first-order valence-electron chi connectivity index (χ1n) is 14.6. The van der Waals surface area contributed by atoms with Crippen LogP contribution in [0.2, 0.25) is 0 Å². The van der Waals surface area contributed by atoms with Gasteiger partial charge in [0.1, 0.15) is 5.60 Å². The van der Waals surface area contributed by atoms with E-state index in [1.54, 1.807) is 14.2 Å². The summed E-state index contributed by atoms with van der Waals surface area (Å²) < 4.78 is 5.95. The maximum absolute atomic E-state index is 13.1. The lowest BCUT2D eigenvalue weighted by atomic mass is 9.35. The van der Waals surface area contributed by atoms with Gasteiger partial charge in [0.25, 0.3) is 5.96 Å². The fraction of sp³-hybridized carbons (Fsp3) is 0.793. The van der Waals surface area contributed by atoms with Crippen LogP contribution in [0.25, 0.3) is 0 Å². The van der Waals surface area contributed by atoms with Gasteiger partial charge in [-0.2, -0.15) is 0 Å². The third-order valence-electron chi connectivity index (χ3n) is 12.0. The van der Waals surface area contributed by atoms with Gasteiger partial charge in [-0.15, -0.1) is 0 Å². The lowest BCUT2D eigenvalue weighted by Gasteiger charge is -2.69. The zero-order valence-corrected chi connectivity index (χ0v) is 22.8. The van der Waals surface area contributed by atoms with Gasteiger partial charge in [-0.25, -0.2) is 4.99 Å². The molecule has 9 unspecified atom stereocenters. The first-order valence-corrected chi connectivity index (χ1v) is 14.6. The molecule has 210 valence electrons. The number of guanidine groups is 1. The molecular formula is C29H44N4O5. The lowest BCUT2D eigenvalue weighted by Crippen LogP contribution is -3.19. The fourth-order valence-electron chi connectivity index (χ4n) is 11.0. The molecule has 2 spiro atoms. The highest BCUT2D eigenvalue weighted by Gasteiger charge is 2.84. The summed E-state index contributed by atoms with van der Waals surface area (Å²) in [4.78, 5) is 18.6. The molecule has 6 rings (SSSR count). The van der Waals surface area contributed by atoms with Crippen LogP contribution >= 0.6 is 0 Å². The SMILES string of the molecule is CN=C(N)[NH+]1CCC2(CNCCO)C=CC3C4(O)C(C(=O)[O-])=C5CC6CCC(CCCCC4OC)C53C62C1. The molecule has 0 aromatic heterocycles. The molecule has 6 N–H and O–H groups in total. The fourth-order valence-corrected chi connectivity index (χ4v) is 11.0. The Labute approximate surface area is 225 Å². The number of piperidine rings is 1. The number of nitrogens with zero attached hydrogens (tertiary/aromatic N) is 1. The third-order valence-corrected chi connectivity index (χ3v) is 12.0. The number of nitrogens with one attached hydrogen (secondary N) is 2. The quantitative estimate of drug-likeness (QED) is 0.125. The molecule has 1 aliphatic heterocycles. The second-order valence-electron chi connectivity index (χ2n) is 12.8. The van der Waals surface area contributed by atoms with Crippen LogP contribution in [0.3, 0.4) is 0 Å². The Bertz CT molecular complexity index is 1090. The van der Waals surface area contributed by atoms with Crippen molar-refractivity contribution in [2.45, 2.75) is 63.1 Å². The third kappa shape index (κ3) is 2.95. The Morgan fingerprint density at radius 1 is 1.29 bits per heavy atom. The van der Waals surface area contributed by atoms with Crippen molar-refractivity contribution in [3.05, 3.63) is 23.3 Å². The molecule has 38 heavy (non-hydrogen) atoms. The second kappa shape index (κ2) is 9.13. The smallest absolute Gasteiger partial charge is 0.293 e. The molecule has 9 nitrogen and oxygen atoms in total. The van der Waals surface area contributed by atoms with Crippen LogP contribution in [0.4, 0.5) is 0 Å². The molecule has 4 fully saturated rings. The van der Waals surface area contributed by atoms with E-state index in [1.165, 1.54) is 0 Å². The van der Waals surface area contributed by atoms with Gasteiger partial charge in [0, 0.05) is 61.4 Å². The summed E-state index contributed by atoms with van der Waals surface area (Å²) in [5, 5.41) is 38.9. The Hall–Kier alpha value is -1.78. The van der Waals surface area contributed by atoms with Gasteiger partial charge in [-0.3, -0.25) is 4.90 Å². The van der Waals surface area contributed by atoms with E-state index in [1.807, 2.05) is 0 Å². The Balaban J connectivity index is 1.67. The topological polar surface area (TPSA) is 145 Å². The van der Waals surface area contributed by atoms with Crippen molar-refractivity contribution in [3.63, 3.8) is 0 Å². The Morgan fingerprint density at radius 3 is 2.76 bits per heavy atom. The number of rotatable bonds is 6. The number of hydrogen-bond donors (Lipinski definition) is 5. The minimum Gasteiger partial charge on any atom is -0.545 e. The molecule has 0 aromatic carbocycles. The normalized spacial score (nSPS) is 47.4. The van der Waals surface area contributed by atoms with E-state index in [4.69, 9.17) is 10.5 Å². The van der Waals surface area contributed by atoms with Crippen LogP contribution in [0.5, 0.6) is 0 Å². The van der Waals surface area contributed by atoms with E-state index >= 15 is 0 Å². The van der Waals surface area contributed by atoms with Gasteiger partial charge in [0.15, 0.2) is 0 Å². The van der Waals surface area contributed by atoms with Crippen molar-refractivity contribution >= 4 is 11.9 Å². The molecule has 9 atom stereocenters. The molecule has 9 heteroatoms. The Morgan fingerprint density at radius 2 is 2.05 bits per heavy atom. The minimum absolute atomic E-state index is 0.0642. The molecule has 0 amide bonds. The summed E-state index contributed by atoms with van der Waals surface area (Å²) in [5.41, 5.74) is 4.86. The number of carboxylic acid groups (broad SMARTS) is 1. The molecule has 0 aromatic rings. The molecule has 1 heterocycles. The Kier molecular flexibility index (Phi) is 6.35. The number of nitrogens with two attached hydrogens (primary N) is 1. The number of allylic oxidation sites excluding steroid dienone is 1. The van der Waals surface area contributed by atoms with Crippen molar-refractivity contribution in [2.24, 2.45) is 44.7 Å². The van der Waals surface area contributed by atoms with Crippen molar-refractivity contribution in [3.8, 4) is 0 Å². The standard InChI is InChI=1S/C29H44N4O5/c1-31-25(30)33-13-11-26(16-32-12-14-34)10-9-21-28-18-5-3-4-6-22(38-2)29(21,37)23(24(35)36)20(28)15-19(8-7-18)27(26,28)17-33/h9-10,18-19,21-22,32,34,37H,3-8,11-17H2,1-2H3,(H2,30,31)(H,35,36). The zero-order valence-electron chi connectivity index (χ0n) is 22.8. The van der Waals surface area contributed by atoms with Crippen LogP contribution in [0.15, 0.2) is 28.3 Å². The number of methoxy groups -OCH3 is 1. The van der Waals surface area contributed by atoms with Crippen LogP contribution in [0, 0.1) is 34.0 Å². The zero-order chi connectivity index (χ0) is 26.9. The number of carbonyl (C=O) groups excluding carboxylic acids is 1. The highest BCUT2D eigenvalue weighted by Crippen LogP contribution is 2.83. The second-order valence-corrected chi connectivity index (χ2v) is 12.8. The average molecular weight is 529 g/mol. The number of aliphatic imine (C=N–C) groups is 1. The summed E-state index contributed by atoms with van der Waals surface area (Å²) in [6.07, 6.45) is 11.1. The van der Waals surface area contributed by atoms with Crippen molar-refractivity contribution < 1.29 is 29.8 Å². The van der Waals surface area contributed by atoms with E-state index < -0.39 is 23.1 Å². The summed E-state index contributed by atoms with van der Waals surface area (Å²) in [5.74, 6) is -0.499. The lowest BCUT2D eigenvalue weighted by molar-refractivity contribution is -0.831. The minimum atomic E-state index is -1.63. The largest absolute Gasteiger partial charge is 0.545 e. The summed E-state index contributed by atoms with van der Waals surface area (Å²) >= 11 is 0. The van der Waals surface area contributed by atoms with Crippen molar-refractivity contribution in [2.75, 3.05) is 46.9 Å². The first kappa shape index (κ1) is 26.4. The molecule has 0 radical (unpaired) electrons. The van der Waals surface area contributed by atoms with E-state index in [0.29, 0.717) is 31.9 Å². The van der Waals surface area contributed by atoms with Gasteiger partial charge < -0.3 is 35.9 Å². The van der Waals surface area contributed by atoms with Crippen molar-refractivity contribution in [1.82, 2.24) is 5.32 Å². The van der Waals surface area contributed by atoms with Gasteiger partial charge in [0.05, 0.1) is 31.8 Å². The van der Waals surface area contributed by atoms with Crippen LogP contribution < -0.4 is 21.1 Å². The number of aliphatic hydroxyl groups is 2. The molecule has 3 saturated carbocycles. The van der Waals surface area contributed by atoms with Gasteiger partial charge >= 0.3 is 0 Å². The highest BCUT2D eigenvalue weighted by atomic mass is 16.5. The predicted octanol–water partition coefficient (Wildman–Crippen LogP) is -1.24. The van der Waals surface area contributed by atoms with Gasteiger partial charge in [-0.05, 0) is 43.9 Å². The van der Waals surface area contributed by atoms with E-state index in [0.717, 1.165) is 62.1 Å². The number of ether oxygens (including phenoxy) is 1. The summed E-state index contributed by atoms with van der Waals surface area (Å²) in [6.45, 7) is 2.88. The maximum Gasteiger partial charge on any atom is 0.293 e. The van der Waals surface area contributed by atoms with E-state index in [-0.39, 0.29) is 40.8 Å². The number of quaternary nitrogens is 1. The van der Waals surface area contributed by atoms with Crippen LogP contribution in [0.1, 0.15) is 51.4 Å². The number of likely N-dealkylation sites (tertiary alicyclic amines) is 1. The van der Waals surface area contributed by atoms with E-state index in [9.17, 15) is 20.1 Å². The summed E-state index contributed by atoms with van der Waals surface area (Å²) in [6, 6.07) is 0. The van der Waals surface area contributed by atoms with Crippen LogP contribution in [-0.4, -0.2) is 80.8 Å². The molecule has 3 bridgehead atoms. The van der Waals surface area contributed by atoms with Crippen molar-refractivity contribution in [1.29, 1.82) is 0 Å². The maximum atomic E-state index is 13.1. The van der Waals surface area contributed by atoms with Gasteiger partial charge in [-0.1, -0.05) is 30.6 Å². The number of hydrogen-bond acceptors (Lipinski definition) is 7. The first-order chi connectivity index (χ1) is 18.3. The monoisotopic (exact) mass is 528 g/mol. The molecule has 1 saturated heterocycles. The molecule has 5 aliphatic carbocycles. The number of carbonyl (C=O) groups is 1. The molecular weight excluding hydrogens is 484 g/mol. The highest BCUT2D eigenvalue weighted by molar-refractivity contribution is 5.91. The van der Waals surface area contributed by atoms with E-state index in [2.05, 4.69) is 22.5 Å². The number of aliphatic hydroxyl groups excluding tert-OH is 1. The summed E-state index contributed by atoms with van der Waals surface area (Å²) in [7, 11) is 3.34. The molecule has 6 aliphatic rings. The number of aliphatic carboxylic acids is 1. The van der Waals surface area contributed by atoms with Gasteiger partial charge in [0.2, 0.25) is 0 Å².